The molecule has 0 atom stereocenters. The second-order valence-corrected chi connectivity index (χ2v) is 5.25. The predicted molar refractivity (Wildman–Crippen MR) is 73.0 cm³/mol. The van der Waals surface area contributed by atoms with Crippen molar-refractivity contribution in [1.29, 1.82) is 0 Å². The van der Waals surface area contributed by atoms with Gasteiger partial charge in [-0.05, 0) is 37.1 Å². The molecule has 7 heteroatoms. The summed E-state index contributed by atoms with van der Waals surface area (Å²) in [6.07, 6.45) is 0. The number of nitrogens with one attached hydrogen (secondary N) is 1. The maximum atomic E-state index is 6.09. The molecule has 2 aromatic rings. The van der Waals surface area contributed by atoms with Crippen molar-refractivity contribution in [3.63, 3.8) is 0 Å². The number of aromatic nitrogens is 2. The number of benzene rings is 1. The number of halogens is 1. The zero-order valence-electron chi connectivity index (χ0n) is 10.0. The molecule has 0 spiro atoms. The topological polar surface area (TPSA) is 73.1 Å². The monoisotopic (exact) mass is 284 g/mol. The first-order chi connectivity index (χ1) is 8.60. The number of hydrazine groups is 1. The Morgan fingerprint density at radius 1 is 1.33 bits per heavy atom. The van der Waals surface area contributed by atoms with E-state index >= 15 is 0 Å². The van der Waals surface area contributed by atoms with Crippen molar-refractivity contribution >= 4 is 28.1 Å². The van der Waals surface area contributed by atoms with Crippen LogP contribution in [-0.2, 0) is 6.61 Å². The maximum absolute atomic E-state index is 6.09. The summed E-state index contributed by atoms with van der Waals surface area (Å²) in [4.78, 5) is 0. The highest BCUT2D eigenvalue weighted by Gasteiger charge is 2.06. The second-order valence-electron chi connectivity index (χ2n) is 3.81. The number of hydrogen-bond acceptors (Lipinski definition) is 6. The van der Waals surface area contributed by atoms with Gasteiger partial charge in [0.05, 0.1) is 0 Å². The molecule has 0 saturated heterocycles. The molecule has 1 aromatic carbocycles. The molecular weight excluding hydrogens is 272 g/mol. The molecule has 1 heterocycles. The van der Waals surface area contributed by atoms with Crippen molar-refractivity contribution in [1.82, 2.24) is 10.2 Å². The Bertz CT molecular complexity index is 535. The Morgan fingerprint density at radius 3 is 2.56 bits per heavy atom. The van der Waals surface area contributed by atoms with E-state index in [1.54, 1.807) is 0 Å². The Kier molecular flexibility index (Phi) is 4.00. The van der Waals surface area contributed by atoms with Gasteiger partial charge in [0, 0.05) is 5.02 Å². The lowest BCUT2D eigenvalue weighted by atomic mass is 10.1. The molecule has 5 nitrogen and oxygen atoms in total. The zero-order chi connectivity index (χ0) is 13.1. The third-order valence-electron chi connectivity index (χ3n) is 2.36. The van der Waals surface area contributed by atoms with Gasteiger partial charge < -0.3 is 4.74 Å². The summed E-state index contributed by atoms with van der Waals surface area (Å²) in [6.45, 7) is 4.26. The Labute approximate surface area is 114 Å². The van der Waals surface area contributed by atoms with Crippen molar-refractivity contribution in [2.45, 2.75) is 20.5 Å². The van der Waals surface area contributed by atoms with Crippen molar-refractivity contribution < 1.29 is 4.74 Å². The number of anilines is 1. The summed E-state index contributed by atoms with van der Waals surface area (Å²) in [5.74, 6) is 6.00. The van der Waals surface area contributed by atoms with Crippen LogP contribution in [0.2, 0.25) is 5.02 Å². The van der Waals surface area contributed by atoms with E-state index in [4.69, 9.17) is 22.2 Å². The van der Waals surface area contributed by atoms with Gasteiger partial charge in [0.15, 0.2) is 5.01 Å². The molecule has 1 aromatic heterocycles. The molecule has 96 valence electrons. The molecule has 0 fully saturated rings. The molecule has 0 saturated carbocycles. The van der Waals surface area contributed by atoms with Gasteiger partial charge in [0.2, 0.25) is 5.13 Å². The van der Waals surface area contributed by atoms with Crippen LogP contribution in [0.25, 0.3) is 0 Å². The van der Waals surface area contributed by atoms with Gasteiger partial charge in [0.1, 0.15) is 12.4 Å². The van der Waals surface area contributed by atoms with Crippen LogP contribution < -0.4 is 16.0 Å². The molecule has 0 aliphatic rings. The van der Waals surface area contributed by atoms with E-state index in [9.17, 15) is 0 Å². The highest BCUT2D eigenvalue weighted by molar-refractivity contribution is 7.15. The number of nitrogens with two attached hydrogens (primary N) is 1. The van der Waals surface area contributed by atoms with Gasteiger partial charge in [0.25, 0.3) is 0 Å². The fraction of sp³-hybridized carbons (Fsp3) is 0.273. The summed E-state index contributed by atoms with van der Waals surface area (Å²) in [5.41, 5.74) is 4.43. The number of rotatable bonds is 4. The van der Waals surface area contributed by atoms with E-state index in [1.807, 2.05) is 26.0 Å². The first-order valence-electron chi connectivity index (χ1n) is 5.28. The first-order valence-corrected chi connectivity index (χ1v) is 6.48. The Balaban J connectivity index is 2.06. The van der Waals surface area contributed by atoms with E-state index in [0.29, 0.717) is 11.7 Å². The van der Waals surface area contributed by atoms with Crippen LogP contribution in [0.3, 0.4) is 0 Å². The summed E-state index contributed by atoms with van der Waals surface area (Å²) >= 11 is 7.45. The van der Waals surface area contributed by atoms with Crippen LogP contribution in [0.1, 0.15) is 16.1 Å². The fourth-order valence-electron chi connectivity index (χ4n) is 1.50. The van der Waals surface area contributed by atoms with Crippen molar-refractivity contribution in [2.24, 2.45) is 5.84 Å². The van der Waals surface area contributed by atoms with Crippen LogP contribution in [-0.4, -0.2) is 10.2 Å². The highest BCUT2D eigenvalue weighted by atomic mass is 35.5. The van der Waals surface area contributed by atoms with Crippen molar-refractivity contribution in [3.05, 3.63) is 33.3 Å². The van der Waals surface area contributed by atoms with Gasteiger partial charge in [-0.25, -0.2) is 5.84 Å². The van der Waals surface area contributed by atoms with Gasteiger partial charge in [-0.2, -0.15) is 0 Å². The maximum Gasteiger partial charge on any atom is 0.219 e. The van der Waals surface area contributed by atoms with Crippen LogP contribution in [0.4, 0.5) is 5.13 Å². The Hall–Kier alpha value is -1.37. The molecule has 0 bridgehead atoms. The minimum atomic E-state index is 0.361. The summed E-state index contributed by atoms with van der Waals surface area (Å²) < 4.78 is 5.65. The van der Waals surface area contributed by atoms with Gasteiger partial charge in [-0.3, -0.25) is 5.43 Å². The predicted octanol–water partition coefficient (Wildman–Crippen LogP) is 2.67. The summed E-state index contributed by atoms with van der Waals surface area (Å²) in [5, 5.41) is 9.86. The number of ether oxygens (including phenoxy) is 1. The van der Waals surface area contributed by atoms with Gasteiger partial charge in [-0.1, -0.05) is 22.9 Å². The van der Waals surface area contributed by atoms with Crippen LogP contribution in [0, 0.1) is 13.8 Å². The third-order valence-corrected chi connectivity index (χ3v) is 3.79. The van der Waals surface area contributed by atoms with E-state index in [-0.39, 0.29) is 0 Å². The third kappa shape index (κ3) is 2.90. The minimum absolute atomic E-state index is 0.361. The van der Waals surface area contributed by atoms with E-state index < -0.39 is 0 Å². The van der Waals surface area contributed by atoms with Gasteiger partial charge >= 0.3 is 0 Å². The lowest BCUT2D eigenvalue weighted by Gasteiger charge is -2.08. The lowest BCUT2D eigenvalue weighted by Crippen LogP contribution is -2.05. The zero-order valence-corrected chi connectivity index (χ0v) is 11.6. The smallest absolute Gasteiger partial charge is 0.219 e. The molecule has 0 unspecified atom stereocenters. The fourth-order valence-corrected chi connectivity index (χ4v) is 2.18. The number of aryl methyl sites for hydroxylation is 2. The molecule has 3 N–H and O–H groups in total. The number of hydrogen-bond donors (Lipinski definition) is 2. The van der Waals surface area contributed by atoms with Crippen molar-refractivity contribution in [3.8, 4) is 5.75 Å². The van der Waals surface area contributed by atoms with Crippen molar-refractivity contribution in [2.75, 3.05) is 5.43 Å². The Morgan fingerprint density at radius 2 is 2.00 bits per heavy atom. The average molecular weight is 285 g/mol. The average Bonchev–Trinajstić information content (AvgIpc) is 2.81. The standard InChI is InChI=1S/C11H13ClN4OS/c1-6-3-8(4-7(2)10(6)12)17-5-9-15-16-11(14-13)18-9/h3-4H,5,13H2,1-2H3,(H,14,16). The van der Waals surface area contributed by atoms with E-state index in [2.05, 4.69) is 15.6 Å². The minimum Gasteiger partial charge on any atom is -0.486 e. The lowest BCUT2D eigenvalue weighted by molar-refractivity contribution is 0.304. The molecule has 0 amide bonds. The number of nitrogens with zero attached hydrogens (tertiary/aromatic N) is 2. The molecule has 2 rings (SSSR count). The molecular formula is C11H13ClN4OS. The molecule has 0 aliphatic carbocycles. The largest absolute Gasteiger partial charge is 0.486 e. The summed E-state index contributed by atoms with van der Waals surface area (Å²) in [6, 6.07) is 3.80. The SMILES string of the molecule is Cc1cc(OCc2nnc(NN)s2)cc(C)c1Cl. The van der Waals surface area contributed by atoms with Gasteiger partial charge in [-0.15, -0.1) is 10.2 Å². The van der Waals surface area contributed by atoms with Crippen LogP contribution in [0.15, 0.2) is 12.1 Å². The second kappa shape index (κ2) is 5.51. The molecule has 18 heavy (non-hydrogen) atoms. The first kappa shape index (κ1) is 13.1. The van der Waals surface area contributed by atoms with Crippen LogP contribution in [0.5, 0.6) is 5.75 Å². The quantitative estimate of drug-likeness (QED) is 0.667. The molecule has 0 radical (unpaired) electrons. The number of nitrogen functional groups attached to an aromatic ring is 1. The highest BCUT2D eigenvalue weighted by Crippen LogP contribution is 2.26. The normalized spacial score (nSPS) is 10.4. The van der Waals surface area contributed by atoms with E-state index in [0.717, 1.165) is 26.9 Å². The summed E-state index contributed by atoms with van der Waals surface area (Å²) in [7, 11) is 0. The van der Waals surface area contributed by atoms with Crippen LogP contribution >= 0.6 is 22.9 Å². The van der Waals surface area contributed by atoms with E-state index in [1.165, 1.54) is 11.3 Å². The molecule has 0 aliphatic heterocycles.